The maximum atomic E-state index is 13.0. The number of alkyl halides is 3. The van der Waals surface area contributed by atoms with Crippen LogP contribution in [0, 0.1) is 6.92 Å². The molecule has 1 aromatic carbocycles. The predicted molar refractivity (Wildman–Crippen MR) is 72.2 cm³/mol. The minimum Gasteiger partial charge on any atom is -0.469 e. The first-order valence-corrected chi connectivity index (χ1v) is 6.46. The summed E-state index contributed by atoms with van der Waals surface area (Å²) in [5.74, 6) is -0.116. The summed E-state index contributed by atoms with van der Waals surface area (Å²) in [5.41, 5.74) is -0.899. The highest BCUT2D eigenvalue weighted by Gasteiger charge is 2.35. The molecular weight excluding hydrogens is 299 g/mol. The summed E-state index contributed by atoms with van der Waals surface area (Å²) in [4.78, 5) is 12.0. The van der Waals surface area contributed by atoms with Crippen LogP contribution in [-0.4, -0.2) is 17.6 Å². The smallest absolute Gasteiger partial charge is 0.416 e. The second-order valence-corrected chi connectivity index (χ2v) is 4.74. The Hall–Kier alpha value is -2.28. The number of nitrogens with one attached hydrogen (secondary N) is 1. The number of hydrogen-bond acceptors (Lipinski definition) is 3. The fraction of sp³-hybridized carbons (Fsp3) is 0.267. The number of carbonyl (C=O) groups excluding carboxylic acids is 1. The van der Waals surface area contributed by atoms with Crippen LogP contribution in [0.5, 0.6) is 0 Å². The second-order valence-electron chi connectivity index (χ2n) is 4.74. The number of halogens is 3. The van der Waals surface area contributed by atoms with Crippen LogP contribution in [0.4, 0.5) is 13.2 Å². The molecule has 0 fully saturated rings. The molecular formula is C15H14F3NO3. The third-order valence-corrected chi connectivity index (χ3v) is 3.12. The van der Waals surface area contributed by atoms with Crippen LogP contribution in [0.2, 0.25) is 0 Å². The largest absolute Gasteiger partial charge is 0.469 e. The maximum absolute atomic E-state index is 13.0. The van der Waals surface area contributed by atoms with E-state index in [1.54, 1.807) is 6.92 Å². The zero-order chi connectivity index (χ0) is 16.3. The fourth-order valence-corrected chi connectivity index (χ4v) is 2.08. The summed E-state index contributed by atoms with van der Waals surface area (Å²) in [7, 11) is 0. The quantitative estimate of drug-likeness (QED) is 0.912. The van der Waals surface area contributed by atoms with Gasteiger partial charge in [-0.3, -0.25) is 4.79 Å². The Balaban J connectivity index is 2.28. The predicted octanol–water partition coefficient (Wildman–Crippen LogP) is 3.07. The van der Waals surface area contributed by atoms with E-state index in [0.29, 0.717) is 5.76 Å². The van der Waals surface area contributed by atoms with Gasteiger partial charge in [0.05, 0.1) is 23.8 Å². The third-order valence-electron chi connectivity index (χ3n) is 3.12. The van der Waals surface area contributed by atoms with Gasteiger partial charge in [0.15, 0.2) is 0 Å². The first kappa shape index (κ1) is 16.1. The van der Waals surface area contributed by atoms with Gasteiger partial charge in [0.25, 0.3) is 5.91 Å². The van der Waals surface area contributed by atoms with Crippen molar-refractivity contribution < 1.29 is 27.5 Å². The van der Waals surface area contributed by atoms with Crippen LogP contribution in [0.1, 0.15) is 33.3 Å². The number of carbonyl (C=O) groups is 1. The Morgan fingerprint density at radius 3 is 2.59 bits per heavy atom. The second kappa shape index (κ2) is 6.23. The molecule has 2 rings (SSSR count). The molecule has 2 N–H and O–H groups in total. The maximum Gasteiger partial charge on any atom is 0.416 e. The average molecular weight is 313 g/mol. The van der Waals surface area contributed by atoms with Crippen molar-refractivity contribution in [2.75, 3.05) is 6.61 Å². The van der Waals surface area contributed by atoms with Crippen molar-refractivity contribution in [2.45, 2.75) is 19.1 Å². The van der Waals surface area contributed by atoms with E-state index in [1.807, 2.05) is 0 Å². The molecule has 1 heterocycles. The molecule has 1 aromatic heterocycles. The number of furan rings is 1. The van der Waals surface area contributed by atoms with E-state index in [4.69, 9.17) is 4.42 Å². The average Bonchev–Trinajstić information content (AvgIpc) is 2.90. The number of amides is 1. The lowest BCUT2D eigenvalue weighted by atomic mass is 10.00. The van der Waals surface area contributed by atoms with Crippen LogP contribution in [0.15, 0.2) is 41.0 Å². The van der Waals surface area contributed by atoms with E-state index in [0.717, 1.165) is 6.07 Å². The minimum absolute atomic E-state index is 0.181. The van der Waals surface area contributed by atoms with Gasteiger partial charge in [-0.05, 0) is 24.6 Å². The van der Waals surface area contributed by atoms with Gasteiger partial charge in [-0.2, -0.15) is 13.2 Å². The Morgan fingerprint density at radius 2 is 2.05 bits per heavy atom. The van der Waals surface area contributed by atoms with E-state index in [1.165, 1.54) is 30.5 Å². The molecule has 0 radical (unpaired) electrons. The number of rotatable bonds is 4. The lowest BCUT2D eigenvalue weighted by molar-refractivity contribution is -0.138. The van der Waals surface area contributed by atoms with Gasteiger partial charge >= 0.3 is 6.18 Å². The van der Waals surface area contributed by atoms with Gasteiger partial charge in [-0.15, -0.1) is 0 Å². The van der Waals surface area contributed by atoms with Gasteiger partial charge in [-0.25, -0.2) is 0 Å². The molecule has 1 atom stereocenters. The van der Waals surface area contributed by atoms with Gasteiger partial charge in [-0.1, -0.05) is 18.2 Å². The summed E-state index contributed by atoms with van der Waals surface area (Å²) >= 11 is 0. The number of benzene rings is 1. The van der Waals surface area contributed by atoms with Crippen molar-refractivity contribution >= 4 is 5.91 Å². The first-order valence-electron chi connectivity index (χ1n) is 6.46. The molecule has 0 aliphatic rings. The number of aryl methyl sites for hydroxylation is 1. The van der Waals surface area contributed by atoms with Gasteiger partial charge in [0.2, 0.25) is 0 Å². The number of aliphatic hydroxyl groups excluding tert-OH is 1. The third kappa shape index (κ3) is 3.48. The van der Waals surface area contributed by atoms with Crippen molar-refractivity contribution in [1.82, 2.24) is 5.32 Å². The van der Waals surface area contributed by atoms with E-state index < -0.39 is 30.3 Å². The van der Waals surface area contributed by atoms with E-state index in [2.05, 4.69) is 5.32 Å². The van der Waals surface area contributed by atoms with E-state index >= 15 is 0 Å². The van der Waals surface area contributed by atoms with E-state index in [9.17, 15) is 23.1 Å². The molecule has 4 nitrogen and oxygen atoms in total. The van der Waals surface area contributed by atoms with E-state index in [-0.39, 0.29) is 11.1 Å². The molecule has 0 aliphatic heterocycles. The standard InChI is InChI=1S/C15H14F3NO3/c1-9-6-10(8-22-9)14(21)19-13(7-20)11-4-2-3-5-12(11)15(16,17)18/h2-6,8,13,20H,7H2,1H3,(H,19,21). The molecule has 1 unspecified atom stereocenters. The van der Waals surface area contributed by atoms with Crippen molar-refractivity contribution in [1.29, 1.82) is 0 Å². The summed E-state index contributed by atoms with van der Waals surface area (Å²) in [6, 6.07) is 5.10. The molecule has 2 aromatic rings. The molecule has 0 saturated carbocycles. The zero-order valence-corrected chi connectivity index (χ0v) is 11.6. The van der Waals surface area contributed by atoms with Crippen molar-refractivity contribution in [3.63, 3.8) is 0 Å². The summed E-state index contributed by atoms with van der Waals surface area (Å²) in [5, 5.41) is 11.7. The summed E-state index contributed by atoms with van der Waals surface area (Å²) in [6.45, 7) is 0.981. The highest BCUT2D eigenvalue weighted by atomic mass is 19.4. The summed E-state index contributed by atoms with van der Waals surface area (Å²) in [6.07, 6.45) is -3.37. The molecule has 7 heteroatoms. The van der Waals surface area contributed by atoms with Crippen molar-refractivity contribution in [2.24, 2.45) is 0 Å². The lowest BCUT2D eigenvalue weighted by Gasteiger charge is -2.20. The van der Waals surface area contributed by atoms with Gasteiger partial charge in [0.1, 0.15) is 12.0 Å². The Kier molecular flexibility index (Phi) is 4.56. The Bertz CT molecular complexity index is 664. The molecule has 0 bridgehead atoms. The molecule has 0 aliphatic carbocycles. The van der Waals surface area contributed by atoms with Gasteiger partial charge < -0.3 is 14.8 Å². The zero-order valence-electron chi connectivity index (χ0n) is 11.6. The molecule has 0 spiro atoms. The highest BCUT2D eigenvalue weighted by Crippen LogP contribution is 2.34. The Morgan fingerprint density at radius 1 is 1.36 bits per heavy atom. The lowest BCUT2D eigenvalue weighted by Crippen LogP contribution is -2.32. The van der Waals surface area contributed by atoms with Crippen LogP contribution in [0.3, 0.4) is 0 Å². The molecule has 0 saturated heterocycles. The van der Waals surface area contributed by atoms with Crippen LogP contribution in [-0.2, 0) is 6.18 Å². The van der Waals surface area contributed by atoms with Gasteiger partial charge in [0, 0.05) is 0 Å². The monoisotopic (exact) mass is 313 g/mol. The number of hydrogen-bond donors (Lipinski definition) is 2. The first-order chi connectivity index (χ1) is 10.3. The summed E-state index contributed by atoms with van der Waals surface area (Å²) < 4.78 is 44.0. The van der Waals surface area contributed by atoms with Crippen LogP contribution >= 0.6 is 0 Å². The highest BCUT2D eigenvalue weighted by molar-refractivity contribution is 5.94. The molecule has 118 valence electrons. The van der Waals surface area contributed by atoms with Crippen LogP contribution in [0.25, 0.3) is 0 Å². The molecule has 22 heavy (non-hydrogen) atoms. The van der Waals surface area contributed by atoms with Crippen molar-refractivity contribution in [3.05, 3.63) is 59.0 Å². The SMILES string of the molecule is Cc1cc(C(=O)NC(CO)c2ccccc2C(F)(F)F)co1. The minimum atomic E-state index is -4.57. The number of aliphatic hydroxyl groups is 1. The van der Waals surface area contributed by atoms with Crippen molar-refractivity contribution in [3.8, 4) is 0 Å². The Labute approximate surface area is 124 Å². The molecule has 1 amide bonds. The topological polar surface area (TPSA) is 62.5 Å². The van der Waals surface area contributed by atoms with Crippen LogP contribution < -0.4 is 5.32 Å². The normalized spacial score (nSPS) is 13.0. The fourth-order valence-electron chi connectivity index (χ4n) is 2.08.